The van der Waals surface area contributed by atoms with Gasteiger partial charge in [0, 0.05) is 12.5 Å². The Morgan fingerprint density at radius 2 is 1.10 bits per heavy atom. The van der Waals surface area contributed by atoms with Crippen LogP contribution in [0.5, 0.6) is 0 Å². The smallest absolute Gasteiger partial charge is 0.302 e. The fourth-order valence-corrected chi connectivity index (χ4v) is 6.73. The average Bonchev–Trinajstić information content (AvgIpc) is 3.01. The molecule has 3 aromatic carbocycles. The van der Waals surface area contributed by atoms with E-state index in [1.54, 1.807) is 30.3 Å². The van der Waals surface area contributed by atoms with Crippen LogP contribution in [0.25, 0.3) is 0 Å². The molecule has 0 saturated carbocycles. The third kappa shape index (κ3) is 8.12. The van der Waals surface area contributed by atoms with Gasteiger partial charge < -0.3 is 5.32 Å². The van der Waals surface area contributed by atoms with Gasteiger partial charge in [0.2, 0.25) is 20.6 Å². The molecule has 0 bridgehead atoms. The van der Waals surface area contributed by atoms with Crippen molar-refractivity contribution in [2.45, 2.75) is 51.0 Å². The molecule has 0 spiro atoms. The van der Waals surface area contributed by atoms with Crippen molar-refractivity contribution < 1.29 is 30.9 Å². The molecule has 0 aromatic heterocycles. The van der Waals surface area contributed by atoms with Crippen molar-refractivity contribution in [3.05, 3.63) is 108 Å². The lowest BCUT2D eigenvalue weighted by Crippen LogP contribution is -2.68. The van der Waals surface area contributed by atoms with E-state index in [4.69, 9.17) is 0 Å². The minimum absolute atomic E-state index is 0.190. The number of imide groups is 1. The minimum Gasteiger partial charge on any atom is -0.302 e. The van der Waals surface area contributed by atoms with Gasteiger partial charge in [-0.2, -0.15) is 21.3 Å². The van der Waals surface area contributed by atoms with Gasteiger partial charge in [-0.1, -0.05) is 78.9 Å². The largest absolute Gasteiger partial charge is 0.425 e. The predicted octanol–water partition coefficient (Wildman–Crippen LogP) is 4.27. The second-order valence-electron chi connectivity index (χ2n) is 10.6. The van der Waals surface area contributed by atoms with Crippen molar-refractivity contribution in [1.29, 1.82) is 0 Å². The third-order valence-corrected chi connectivity index (χ3v) is 9.10. The maximum atomic E-state index is 14.2. The molecule has 4 rings (SSSR count). The van der Waals surface area contributed by atoms with Crippen molar-refractivity contribution in [2.75, 3.05) is 13.1 Å². The van der Waals surface area contributed by atoms with Gasteiger partial charge in [-0.15, -0.1) is 0 Å². The Morgan fingerprint density at radius 1 is 0.667 bits per heavy atom. The number of carbonyl (C=O) groups excluding carboxylic acids is 2. The van der Waals surface area contributed by atoms with Crippen LogP contribution in [-0.2, 0) is 33.4 Å². The van der Waals surface area contributed by atoms with Crippen molar-refractivity contribution in [1.82, 2.24) is 5.32 Å². The van der Waals surface area contributed by atoms with Crippen LogP contribution in [0, 0.1) is 0 Å². The van der Waals surface area contributed by atoms with Gasteiger partial charge in [0.15, 0.2) is 0 Å². The number of quaternary nitrogens is 1. The number of aryl methyl sites for hydroxylation is 2. The summed E-state index contributed by atoms with van der Waals surface area (Å²) < 4.78 is 47.3. The summed E-state index contributed by atoms with van der Waals surface area (Å²) in [5.41, 5.74) is 2.56. The molecule has 10 heteroatoms. The topological polar surface area (TPSA) is 114 Å². The molecule has 0 unspecified atom stereocenters. The zero-order chi connectivity index (χ0) is 30.0. The highest BCUT2D eigenvalue weighted by Gasteiger charge is 2.51. The summed E-state index contributed by atoms with van der Waals surface area (Å²) in [5, 5.41) is 3.05. The third-order valence-electron chi connectivity index (χ3n) is 7.61. The molecule has 1 saturated heterocycles. The van der Waals surface area contributed by atoms with Crippen molar-refractivity contribution >= 4 is 42.3 Å². The van der Waals surface area contributed by atoms with E-state index >= 15 is 0 Å². The zero-order valence-corrected chi connectivity index (χ0v) is 24.9. The molecule has 42 heavy (non-hydrogen) atoms. The zero-order valence-electron chi connectivity index (χ0n) is 23.3. The van der Waals surface area contributed by atoms with Gasteiger partial charge in [0.25, 0.3) is 0 Å². The first-order valence-electron chi connectivity index (χ1n) is 14.0. The fraction of sp³-hybridized carbons (Fsp3) is 0.312. The Kier molecular flexibility index (Phi) is 11.0. The Morgan fingerprint density at radius 3 is 1.52 bits per heavy atom. The molecule has 0 radical (unpaired) electrons. The van der Waals surface area contributed by atoms with Gasteiger partial charge >= 0.3 is 11.9 Å². The number of nitrogens with one attached hydrogen (secondary N) is 1. The van der Waals surface area contributed by atoms with E-state index in [2.05, 4.69) is 29.6 Å². The number of hydrogen-bond acceptors (Lipinski definition) is 6. The van der Waals surface area contributed by atoms with E-state index in [0.29, 0.717) is 12.8 Å². The number of piperidine rings is 1. The summed E-state index contributed by atoms with van der Waals surface area (Å²) in [5.74, 6) is -0.647. The summed E-state index contributed by atoms with van der Waals surface area (Å²) in [4.78, 5) is 27.7. The molecule has 1 aliphatic rings. The SMILES string of the molecule is O=C(NC(CCCc1ccccc1)CCCc1ccccc1)[N+]1(C(=O)c2ccccc2)CC(=S(=O)=O)CC(=S(=O)=O)C1. The molecule has 1 fully saturated rings. The number of likely N-dealkylation sites (tertiary alicyclic amines) is 1. The first kappa shape index (κ1) is 31.1. The van der Waals surface area contributed by atoms with E-state index in [-0.39, 0.29) is 27.8 Å². The fourth-order valence-electron chi connectivity index (χ4n) is 5.40. The highest BCUT2D eigenvalue weighted by atomic mass is 32.2. The first-order valence-corrected chi connectivity index (χ1v) is 16.2. The quantitative estimate of drug-likeness (QED) is 0.272. The van der Waals surface area contributed by atoms with Crippen LogP contribution in [0.3, 0.4) is 0 Å². The van der Waals surface area contributed by atoms with E-state index in [0.717, 1.165) is 25.7 Å². The van der Waals surface area contributed by atoms with E-state index < -0.39 is 50.1 Å². The van der Waals surface area contributed by atoms with Gasteiger partial charge in [-0.3, -0.25) is 0 Å². The highest BCUT2D eigenvalue weighted by Crippen LogP contribution is 2.23. The van der Waals surface area contributed by atoms with E-state index in [1.807, 2.05) is 36.4 Å². The molecule has 1 N–H and O–H groups in total. The summed E-state index contributed by atoms with van der Waals surface area (Å²) >= 11 is 0. The molecule has 1 aliphatic heterocycles. The maximum Gasteiger partial charge on any atom is 0.425 e. The monoisotopic (exact) mass is 607 g/mol. The Hall–Kier alpha value is -3.86. The maximum absolute atomic E-state index is 14.2. The molecule has 8 nitrogen and oxygen atoms in total. The standard InChI is InChI=1S/C32H34N2O6S2/c35-31(27-18-8-3-9-19-27)34(23-29(41(37)38)22-30(24-34)42(39)40)32(36)33-28(20-10-16-25-12-4-1-5-13-25)21-11-17-26-14-6-2-7-15-26/h1-9,12-15,18-19,28H,10-11,16-17,20-24H2/p+1. The molecule has 220 valence electrons. The van der Waals surface area contributed by atoms with Crippen LogP contribution in [0.2, 0.25) is 0 Å². The lowest BCUT2D eigenvalue weighted by atomic mass is 9.98. The van der Waals surface area contributed by atoms with Crippen LogP contribution in [0.4, 0.5) is 4.79 Å². The number of rotatable bonds is 10. The van der Waals surface area contributed by atoms with Crippen molar-refractivity contribution in [2.24, 2.45) is 0 Å². The second-order valence-corrected chi connectivity index (χ2v) is 12.7. The molecular weight excluding hydrogens is 572 g/mol. The number of nitrogens with zero attached hydrogens (tertiary/aromatic N) is 1. The Balaban J connectivity index is 1.63. The van der Waals surface area contributed by atoms with Gasteiger partial charge in [0.1, 0.15) is 22.8 Å². The average molecular weight is 608 g/mol. The second kappa shape index (κ2) is 14.9. The number of urea groups is 1. The molecule has 3 aromatic rings. The van der Waals surface area contributed by atoms with Crippen molar-refractivity contribution in [3.8, 4) is 0 Å². The first-order chi connectivity index (χ1) is 20.3. The Labute approximate surface area is 249 Å². The summed E-state index contributed by atoms with van der Waals surface area (Å²) in [7, 11) is -5.53. The van der Waals surface area contributed by atoms with Crippen LogP contribution >= 0.6 is 0 Å². The lowest BCUT2D eigenvalue weighted by molar-refractivity contribution is -0.748. The summed E-state index contributed by atoms with van der Waals surface area (Å²) in [6.07, 6.45) is 4.17. The van der Waals surface area contributed by atoms with E-state index in [1.165, 1.54) is 11.1 Å². The van der Waals surface area contributed by atoms with Crippen LogP contribution in [0.15, 0.2) is 91.0 Å². The van der Waals surface area contributed by atoms with Gasteiger partial charge in [-0.25, -0.2) is 9.59 Å². The summed E-state index contributed by atoms with van der Waals surface area (Å²) in [6.45, 7) is -0.839. The van der Waals surface area contributed by atoms with Crippen LogP contribution < -0.4 is 5.32 Å². The number of hydrogen-bond donors (Lipinski definition) is 1. The van der Waals surface area contributed by atoms with Crippen LogP contribution in [0.1, 0.15) is 53.6 Å². The highest BCUT2D eigenvalue weighted by molar-refractivity contribution is 7.75. The molecule has 3 amide bonds. The minimum atomic E-state index is -2.77. The molecule has 1 heterocycles. The number of amides is 3. The number of carbonyl (C=O) groups is 2. The predicted molar refractivity (Wildman–Crippen MR) is 164 cm³/mol. The van der Waals surface area contributed by atoms with Gasteiger partial charge in [0.05, 0.1) is 5.56 Å². The summed E-state index contributed by atoms with van der Waals surface area (Å²) in [6, 6.07) is 27.2. The molecule has 0 atom stereocenters. The Bertz CT molecular complexity index is 1560. The molecule has 0 aliphatic carbocycles. The van der Waals surface area contributed by atoms with E-state index in [9.17, 15) is 26.4 Å². The van der Waals surface area contributed by atoms with Gasteiger partial charge in [-0.05, 0) is 61.8 Å². The normalized spacial score (nSPS) is 16.7. The molecular formula is C32H35N2O6S2+. The van der Waals surface area contributed by atoms with Crippen LogP contribution in [-0.4, -0.2) is 62.1 Å². The number of benzene rings is 3. The van der Waals surface area contributed by atoms with Crippen molar-refractivity contribution in [3.63, 3.8) is 0 Å². The lowest BCUT2D eigenvalue weighted by Gasteiger charge is -2.37.